The Balaban J connectivity index is 3.37. The summed E-state index contributed by atoms with van der Waals surface area (Å²) in [5, 5.41) is 0. The molecule has 0 saturated carbocycles. The van der Waals surface area contributed by atoms with Gasteiger partial charge in [0.05, 0.1) is 0 Å². The highest BCUT2D eigenvalue weighted by atomic mass is 14.2. The first-order chi connectivity index (χ1) is 19.2. The van der Waals surface area contributed by atoms with E-state index in [1.165, 1.54) is 212 Å². The van der Waals surface area contributed by atoms with Crippen LogP contribution in [-0.2, 0) is 0 Å². The van der Waals surface area contributed by atoms with E-state index in [4.69, 9.17) is 0 Å². The average Bonchev–Trinajstić information content (AvgIpc) is 2.93. The molecule has 0 N–H and O–H groups in total. The highest BCUT2D eigenvalue weighted by Gasteiger charge is 2.12. The van der Waals surface area contributed by atoms with E-state index in [2.05, 4.69) is 27.7 Å². The molecule has 0 spiro atoms. The summed E-state index contributed by atoms with van der Waals surface area (Å²) in [6.07, 6.45) is 48.7. The molecule has 0 aliphatic heterocycles. The number of hydrogen-bond donors (Lipinski definition) is 0. The molecule has 1 unspecified atom stereocenters. The fourth-order valence-corrected chi connectivity index (χ4v) is 6.54. The highest BCUT2D eigenvalue weighted by Crippen LogP contribution is 2.26. The molecule has 0 heteroatoms. The van der Waals surface area contributed by atoms with Crippen LogP contribution in [-0.4, -0.2) is 0 Å². The van der Waals surface area contributed by atoms with Crippen LogP contribution >= 0.6 is 0 Å². The zero-order valence-electron chi connectivity index (χ0n) is 28.5. The monoisotopic (exact) mass is 549 g/mol. The minimum Gasteiger partial charge on any atom is -0.0654 e. The topological polar surface area (TPSA) is 0 Å². The number of unbranched alkanes of at least 4 members (excludes halogenated alkanes) is 29. The van der Waals surface area contributed by atoms with Gasteiger partial charge in [-0.3, -0.25) is 0 Å². The highest BCUT2D eigenvalue weighted by molar-refractivity contribution is 4.64. The Bertz CT molecular complexity index is 410. The molecule has 0 aromatic carbocycles. The van der Waals surface area contributed by atoms with Gasteiger partial charge in [-0.25, -0.2) is 0 Å². The van der Waals surface area contributed by atoms with Crippen molar-refractivity contribution in [3.8, 4) is 0 Å². The van der Waals surface area contributed by atoms with Gasteiger partial charge in [0, 0.05) is 0 Å². The molecular weight excluding hydrogens is 468 g/mol. The predicted octanol–water partition coefficient (Wildman–Crippen LogP) is 15.2. The van der Waals surface area contributed by atoms with Crippen LogP contribution < -0.4 is 0 Å². The molecule has 0 amide bonds. The first kappa shape index (κ1) is 39.0. The Labute approximate surface area is 251 Å². The summed E-state index contributed by atoms with van der Waals surface area (Å²) >= 11 is 0. The van der Waals surface area contributed by atoms with Crippen LogP contribution in [0.15, 0.2) is 0 Å². The molecule has 0 nitrogen and oxygen atoms in total. The third kappa shape index (κ3) is 32.4. The molecule has 0 aliphatic rings. The SMILES string of the molecule is CCCCCCCCCCCCCCCCCCCC(CCCCCCCCCCCCCCCC)C(C)C. The normalized spacial score (nSPS) is 12.5. The first-order valence-electron chi connectivity index (χ1n) is 19.2. The summed E-state index contributed by atoms with van der Waals surface area (Å²) in [7, 11) is 0. The molecular formula is C39H80. The maximum Gasteiger partial charge on any atom is -0.0391 e. The smallest absolute Gasteiger partial charge is 0.0391 e. The molecule has 0 bridgehead atoms. The minimum absolute atomic E-state index is 0.882. The van der Waals surface area contributed by atoms with Crippen LogP contribution in [0.25, 0.3) is 0 Å². The van der Waals surface area contributed by atoms with Gasteiger partial charge >= 0.3 is 0 Å². The Morgan fingerprint density at radius 1 is 0.256 bits per heavy atom. The van der Waals surface area contributed by atoms with Gasteiger partial charge in [-0.15, -0.1) is 0 Å². The molecule has 0 aromatic heterocycles. The van der Waals surface area contributed by atoms with Crippen molar-refractivity contribution in [2.75, 3.05) is 0 Å². The Kier molecular flexibility index (Phi) is 34.2. The van der Waals surface area contributed by atoms with Gasteiger partial charge in [-0.05, 0) is 11.8 Å². The predicted molar refractivity (Wildman–Crippen MR) is 182 cm³/mol. The second kappa shape index (κ2) is 34.2. The van der Waals surface area contributed by atoms with E-state index in [1.807, 2.05) is 0 Å². The fraction of sp³-hybridized carbons (Fsp3) is 1.00. The van der Waals surface area contributed by atoms with Gasteiger partial charge in [0.25, 0.3) is 0 Å². The van der Waals surface area contributed by atoms with Gasteiger partial charge in [-0.1, -0.05) is 240 Å². The first-order valence-corrected chi connectivity index (χ1v) is 19.2. The van der Waals surface area contributed by atoms with Crippen molar-refractivity contribution < 1.29 is 0 Å². The van der Waals surface area contributed by atoms with Gasteiger partial charge in [0.1, 0.15) is 0 Å². The van der Waals surface area contributed by atoms with E-state index < -0.39 is 0 Å². The van der Waals surface area contributed by atoms with Crippen molar-refractivity contribution in [3.05, 3.63) is 0 Å². The summed E-state index contributed by atoms with van der Waals surface area (Å²) in [5.74, 6) is 1.87. The zero-order chi connectivity index (χ0) is 28.5. The number of rotatable bonds is 34. The van der Waals surface area contributed by atoms with Crippen molar-refractivity contribution in [3.63, 3.8) is 0 Å². The van der Waals surface area contributed by atoms with Crippen LogP contribution in [0.4, 0.5) is 0 Å². The fourth-order valence-electron chi connectivity index (χ4n) is 6.54. The summed E-state index contributed by atoms with van der Waals surface area (Å²) in [5.41, 5.74) is 0. The van der Waals surface area contributed by atoms with E-state index in [0.717, 1.165) is 11.8 Å². The lowest BCUT2D eigenvalue weighted by atomic mass is 9.85. The Hall–Kier alpha value is 0. The third-order valence-electron chi connectivity index (χ3n) is 9.55. The molecule has 0 rings (SSSR count). The largest absolute Gasteiger partial charge is 0.0654 e. The lowest BCUT2D eigenvalue weighted by molar-refractivity contribution is 0.312. The molecule has 0 aromatic rings. The summed E-state index contributed by atoms with van der Waals surface area (Å²) < 4.78 is 0. The van der Waals surface area contributed by atoms with Crippen LogP contribution in [0.3, 0.4) is 0 Å². The second-order valence-electron chi connectivity index (χ2n) is 13.8. The van der Waals surface area contributed by atoms with Crippen molar-refractivity contribution in [1.82, 2.24) is 0 Å². The lowest BCUT2D eigenvalue weighted by Gasteiger charge is -2.20. The van der Waals surface area contributed by atoms with Gasteiger partial charge in [0.15, 0.2) is 0 Å². The minimum atomic E-state index is 0.882. The van der Waals surface area contributed by atoms with Gasteiger partial charge < -0.3 is 0 Å². The molecule has 0 fully saturated rings. The van der Waals surface area contributed by atoms with Gasteiger partial charge in [0.2, 0.25) is 0 Å². The number of hydrogen-bond acceptors (Lipinski definition) is 0. The van der Waals surface area contributed by atoms with E-state index in [9.17, 15) is 0 Å². The molecule has 236 valence electrons. The van der Waals surface area contributed by atoms with Crippen molar-refractivity contribution in [1.29, 1.82) is 0 Å². The van der Waals surface area contributed by atoms with Crippen LogP contribution in [0, 0.1) is 11.8 Å². The molecule has 0 heterocycles. The molecule has 1 atom stereocenters. The Morgan fingerprint density at radius 2 is 0.436 bits per heavy atom. The van der Waals surface area contributed by atoms with Crippen LogP contribution in [0.1, 0.15) is 240 Å². The van der Waals surface area contributed by atoms with Crippen molar-refractivity contribution >= 4 is 0 Å². The maximum atomic E-state index is 2.47. The molecule has 39 heavy (non-hydrogen) atoms. The Morgan fingerprint density at radius 3 is 0.615 bits per heavy atom. The van der Waals surface area contributed by atoms with Crippen LogP contribution in [0.2, 0.25) is 0 Å². The molecule has 0 radical (unpaired) electrons. The summed E-state index contributed by atoms with van der Waals surface area (Å²) in [6.45, 7) is 9.57. The van der Waals surface area contributed by atoms with E-state index >= 15 is 0 Å². The quantitative estimate of drug-likeness (QED) is 0.0701. The average molecular weight is 549 g/mol. The standard InChI is InChI=1S/C39H80/c1-5-7-9-11-13-15-17-19-21-22-23-25-27-29-31-33-35-37-39(38(3)4)36-34-32-30-28-26-24-20-18-16-14-12-10-8-6-2/h38-39H,5-37H2,1-4H3. The zero-order valence-corrected chi connectivity index (χ0v) is 28.5. The summed E-state index contributed by atoms with van der Waals surface area (Å²) in [4.78, 5) is 0. The maximum absolute atomic E-state index is 2.47. The summed E-state index contributed by atoms with van der Waals surface area (Å²) in [6, 6.07) is 0. The van der Waals surface area contributed by atoms with E-state index in [0.29, 0.717) is 0 Å². The van der Waals surface area contributed by atoms with E-state index in [-0.39, 0.29) is 0 Å². The second-order valence-corrected chi connectivity index (χ2v) is 13.8. The molecule has 0 saturated heterocycles. The van der Waals surface area contributed by atoms with Crippen LogP contribution in [0.5, 0.6) is 0 Å². The van der Waals surface area contributed by atoms with Crippen molar-refractivity contribution in [2.24, 2.45) is 11.8 Å². The van der Waals surface area contributed by atoms with E-state index in [1.54, 1.807) is 0 Å². The van der Waals surface area contributed by atoms with Gasteiger partial charge in [-0.2, -0.15) is 0 Å². The lowest BCUT2D eigenvalue weighted by Crippen LogP contribution is -2.08. The molecule has 0 aliphatic carbocycles. The van der Waals surface area contributed by atoms with Crippen molar-refractivity contribution in [2.45, 2.75) is 240 Å². The third-order valence-corrected chi connectivity index (χ3v) is 9.55.